The van der Waals surface area contributed by atoms with Crippen LogP contribution in [0.5, 0.6) is 11.5 Å². The molecule has 1 N–H and O–H groups in total. The summed E-state index contributed by atoms with van der Waals surface area (Å²) in [5, 5.41) is 2.90. The minimum atomic E-state index is -4.04. The zero-order valence-electron chi connectivity index (χ0n) is 20.0. The maximum Gasteiger partial charge on any atom is 0.264 e. The molecule has 180 valence electrons. The predicted octanol–water partition coefficient (Wildman–Crippen LogP) is 4.39. The van der Waals surface area contributed by atoms with Gasteiger partial charge in [0.15, 0.2) is 11.5 Å². The summed E-state index contributed by atoms with van der Waals surface area (Å²) >= 11 is 0. The van der Waals surface area contributed by atoms with E-state index in [-0.39, 0.29) is 16.6 Å². The van der Waals surface area contributed by atoms with Crippen LogP contribution in [0.1, 0.15) is 29.7 Å². The molecular weight excluding hydrogens is 452 g/mol. The van der Waals surface area contributed by atoms with Crippen LogP contribution >= 0.6 is 0 Å². The zero-order chi connectivity index (χ0) is 24.9. The number of hydrogen-bond donors (Lipinski definition) is 1. The number of hydrogen-bond acceptors (Lipinski definition) is 5. The van der Waals surface area contributed by atoms with Crippen molar-refractivity contribution in [2.75, 3.05) is 25.1 Å². The molecule has 0 aliphatic carbocycles. The van der Waals surface area contributed by atoms with E-state index in [1.807, 2.05) is 45.0 Å². The Labute approximate surface area is 201 Å². The molecule has 3 rings (SSSR count). The first-order chi connectivity index (χ1) is 16.1. The molecule has 3 aromatic carbocycles. The smallest absolute Gasteiger partial charge is 0.264 e. The maximum atomic E-state index is 13.6. The van der Waals surface area contributed by atoms with E-state index in [0.717, 1.165) is 21.0 Å². The summed E-state index contributed by atoms with van der Waals surface area (Å²) in [6.07, 6.45) is 0. The SMILES string of the molecule is COc1ccc(N(CC(=O)N[C@H](C)c2ccc(C)cc2)S(=O)(=O)c2ccc(C)cc2)cc1OC. The van der Waals surface area contributed by atoms with Crippen LogP contribution < -0.4 is 19.1 Å². The number of aryl methyl sites for hydroxylation is 2. The number of nitrogens with zero attached hydrogens (tertiary/aromatic N) is 1. The Balaban J connectivity index is 1.95. The Morgan fingerprint density at radius 3 is 2.00 bits per heavy atom. The van der Waals surface area contributed by atoms with E-state index in [1.54, 1.807) is 30.3 Å². The van der Waals surface area contributed by atoms with Crippen molar-refractivity contribution in [1.29, 1.82) is 0 Å². The third-order valence-corrected chi connectivity index (χ3v) is 7.29. The number of sulfonamides is 1. The Morgan fingerprint density at radius 2 is 1.44 bits per heavy atom. The Hall–Kier alpha value is -3.52. The zero-order valence-corrected chi connectivity index (χ0v) is 20.8. The van der Waals surface area contributed by atoms with Crippen molar-refractivity contribution in [3.05, 3.63) is 83.4 Å². The molecule has 8 heteroatoms. The highest BCUT2D eigenvalue weighted by Gasteiger charge is 2.28. The van der Waals surface area contributed by atoms with Crippen molar-refractivity contribution in [1.82, 2.24) is 5.32 Å². The maximum absolute atomic E-state index is 13.6. The second-order valence-corrected chi connectivity index (χ2v) is 9.93. The largest absolute Gasteiger partial charge is 0.493 e. The van der Waals surface area contributed by atoms with Gasteiger partial charge in [-0.1, -0.05) is 47.5 Å². The summed E-state index contributed by atoms with van der Waals surface area (Å²) in [7, 11) is -1.07. The van der Waals surface area contributed by atoms with Gasteiger partial charge < -0.3 is 14.8 Å². The van der Waals surface area contributed by atoms with Gasteiger partial charge in [-0.15, -0.1) is 0 Å². The fourth-order valence-corrected chi connectivity index (χ4v) is 4.90. The second-order valence-electron chi connectivity index (χ2n) is 8.06. The monoisotopic (exact) mass is 482 g/mol. The lowest BCUT2D eigenvalue weighted by molar-refractivity contribution is -0.120. The minimum absolute atomic E-state index is 0.0901. The van der Waals surface area contributed by atoms with Crippen LogP contribution in [0.25, 0.3) is 0 Å². The number of methoxy groups -OCH3 is 2. The lowest BCUT2D eigenvalue weighted by atomic mass is 10.1. The van der Waals surface area contributed by atoms with Crippen LogP contribution in [0.2, 0.25) is 0 Å². The first kappa shape index (κ1) is 25.1. The van der Waals surface area contributed by atoms with Gasteiger partial charge in [0.1, 0.15) is 6.54 Å². The molecule has 0 radical (unpaired) electrons. The number of carbonyl (C=O) groups excluding carboxylic acids is 1. The Morgan fingerprint density at radius 1 is 0.882 bits per heavy atom. The van der Waals surface area contributed by atoms with Gasteiger partial charge in [0, 0.05) is 6.07 Å². The van der Waals surface area contributed by atoms with E-state index in [2.05, 4.69) is 5.32 Å². The molecule has 0 fully saturated rings. The van der Waals surface area contributed by atoms with E-state index >= 15 is 0 Å². The predicted molar refractivity (Wildman–Crippen MR) is 133 cm³/mol. The molecule has 34 heavy (non-hydrogen) atoms. The molecule has 0 saturated carbocycles. The summed E-state index contributed by atoms with van der Waals surface area (Å²) in [6, 6.07) is 18.8. The number of amides is 1. The van der Waals surface area contributed by atoms with Gasteiger partial charge in [0.2, 0.25) is 5.91 Å². The van der Waals surface area contributed by atoms with Crippen molar-refractivity contribution >= 4 is 21.6 Å². The first-order valence-electron chi connectivity index (χ1n) is 10.8. The lowest BCUT2D eigenvalue weighted by Gasteiger charge is -2.26. The first-order valence-corrected chi connectivity index (χ1v) is 12.3. The van der Waals surface area contributed by atoms with E-state index in [9.17, 15) is 13.2 Å². The highest BCUT2D eigenvalue weighted by molar-refractivity contribution is 7.92. The molecule has 0 unspecified atom stereocenters. The van der Waals surface area contributed by atoms with Crippen molar-refractivity contribution in [3.63, 3.8) is 0 Å². The van der Waals surface area contributed by atoms with Crippen LogP contribution in [-0.4, -0.2) is 35.1 Å². The molecule has 0 spiro atoms. The van der Waals surface area contributed by atoms with Crippen LogP contribution in [-0.2, 0) is 14.8 Å². The number of benzene rings is 3. The summed E-state index contributed by atoms with van der Waals surface area (Å²) in [4.78, 5) is 13.1. The van der Waals surface area contributed by atoms with Crippen LogP contribution in [0, 0.1) is 13.8 Å². The fraction of sp³-hybridized carbons (Fsp3) is 0.269. The average Bonchev–Trinajstić information content (AvgIpc) is 2.82. The molecule has 1 atom stereocenters. The quantitative estimate of drug-likeness (QED) is 0.489. The molecule has 0 aliphatic rings. The van der Waals surface area contributed by atoms with E-state index < -0.39 is 22.5 Å². The summed E-state index contributed by atoms with van der Waals surface area (Å²) in [5.74, 6) is 0.382. The normalized spacial score (nSPS) is 12.0. The Kier molecular flexibility index (Phi) is 7.83. The third kappa shape index (κ3) is 5.69. The van der Waals surface area contributed by atoms with Crippen LogP contribution in [0.4, 0.5) is 5.69 Å². The second kappa shape index (κ2) is 10.6. The minimum Gasteiger partial charge on any atom is -0.493 e. The lowest BCUT2D eigenvalue weighted by Crippen LogP contribution is -2.41. The highest BCUT2D eigenvalue weighted by atomic mass is 32.2. The summed E-state index contributed by atoms with van der Waals surface area (Å²) in [6.45, 7) is 5.33. The Bertz CT molecular complexity index is 1240. The van der Waals surface area contributed by atoms with E-state index in [1.165, 1.54) is 26.4 Å². The molecule has 0 saturated heterocycles. The molecule has 0 aliphatic heterocycles. The fourth-order valence-electron chi connectivity index (χ4n) is 3.49. The van der Waals surface area contributed by atoms with Crippen molar-refractivity contribution in [2.24, 2.45) is 0 Å². The van der Waals surface area contributed by atoms with Crippen molar-refractivity contribution in [3.8, 4) is 11.5 Å². The van der Waals surface area contributed by atoms with Gasteiger partial charge in [0.25, 0.3) is 10.0 Å². The van der Waals surface area contributed by atoms with Gasteiger partial charge in [-0.25, -0.2) is 8.42 Å². The average molecular weight is 483 g/mol. The van der Waals surface area contributed by atoms with Crippen molar-refractivity contribution < 1.29 is 22.7 Å². The van der Waals surface area contributed by atoms with Gasteiger partial charge in [-0.2, -0.15) is 0 Å². The third-order valence-electron chi connectivity index (χ3n) is 5.51. The van der Waals surface area contributed by atoms with E-state index in [4.69, 9.17) is 9.47 Å². The molecular formula is C26H30N2O5S. The number of ether oxygens (including phenoxy) is 2. The topological polar surface area (TPSA) is 84.9 Å². The van der Waals surface area contributed by atoms with Gasteiger partial charge in [-0.3, -0.25) is 9.10 Å². The van der Waals surface area contributed by atoms with Gasteiger partial charge in [-0.05, 0) is 50.6 Å². The molecule has 0 aromatic heterocycles. The highest BCUT2D eigenvalue weighted by Crippen LogP contribution is 2.33. The molecule has 0 heterocycles. The molecule has 1 amide bonds. The van der Waals surface area contributed by atoms with Crippen molar-refractivity contribution in [2.45, 2.75) is 31.7 Å². The van der Waals surface area contributed by atoms with Gasteiger partial charge >= 0.3 is 0 Å². The van der Waals surface area contributed by atoms with Crippen LogP contribution in [0.15, 0.2) is 71.6 Å². The van der Waals surface area contributed by atoms with Crippen LogP contribution in [0.3, 0.4) is 0 Å². The van der Waals surface area contributed by atoms with E-state index in [0.29, 0.717) is 11.5 Å². The number of anilines is 1. The summed E-state index contributed by atoms with van der Waals surface area (Å²) < 4.78 is 38.9. The standard InChI is InChI=1S/C26H30N2O5S/c1-18-6-10-21(11-7-18)20(3)27-26(29)17-28(22-12-15-24(32-4)25(16-22)33-5)34(30,31)23-13-8-19(2)9-14-23/h6-16,20H,17H2,1-5H3,(H,27,29)/t20-/m1/s1. The summed E-state index contributed by atoms with van der Waals surface area (Å²) in [5.41, 5.74) is 3.27. The van der Waals surface area contributed by atoms with Gasteiger partial charge in [0.05, 0.1) is 30.8 Å². The number of carbonyl (C=O) groups is 1. The number of rotatable bonds is 9. The molecule has 3 aromatic rings. The number of nitrogens with one attached hydrogen (secondary N) is 1. The molecule has 0 bridgehead atoms. The molecule has 7 nitrogen and oxygen atoms in total.